The number of aromatic nitrogens is 1. The molecule has 0 fully saturated rings. The van der Waals surface area contributed by atoms with Crippen LogP contribution in [0.4, 0.5) is 10.1 Å². The van der Waals surface area contributed by atoms with Crippen LogP contribution in [0.3, 0.4) is 0 Å². The summed E-state index contributed by atoms with van der Waals surface area (Å²) in [6, 6.07) is 11.2. The van der Waals surface area contributed by atoms with Crippen molar-refractivity contribution >= 4 is 37.3 Å². The number of nitrogens with two attached hydrogens (primary N) is 1. The number of aliphatic imine (C=N–C) groups is 1. The molecule has 3 aromatic rings. The second-order valence-corrected chi connectivity index (χ2v) is 7.57. The number of amides is 1. The van der Waals surface area contributed by atoms with Crippen molar-refractivity contribution < 1.29 is 14.3 Å². The summed E-state index contributed by atoms with van der Waals surface area (Å²) in [6.07, 6.45) is 3.03. The second kappa shape index (κ2) is 7.79. The number of anilines is 1. The second-order valence-electron chi connectivity index (χ2n) is 7.17. The summed E-state index contributed by atoms with van der Waals surface area (Å²) in [5, 5.41) is 10.8. The topological polar surface area (TPSA) is 91.8 Å². The molecular weight excluding hydrogens is 418 g/mol. The largest absolute Gasteiger partial charge is 0.398 e. The van der Waals surface area contributed by atoms with Gasteiger partial charge in [0.05, 0.1) is 17.8 Å². The molecule has 0 aliphatic carbocycles. The minimum absolute atomic E-state index is 0.0140. The van der Waals surface area contributed by atoms with Crippen LogP contribution in [0.1, 0.15) is 27.2 Å². The van der Waals surface area contributed by atoms with Crippen LogP contribution in [0, 0.1) is 5.82 Å². The predicted octanol–water partition coefficient (Wildman–Crippen LogP) is 3.10. The number of carbonyl (C=O) groups is 1. The molecule has 1 aromatic heterocycles. The molecule has 0 saturated heterocycles. The van der Waals surface area contributed by atoms with Gasteiger partial charge < -0.3 is 15.7 Å². The van der Waals surface area contributed by atoms with Crippen molar-refractivity contribution in [3.63, 3.8) is 0 Å². The number of pyridine rings is 1. The monoisotopic (exact) mass is 434 g/mol. The lowest BCUT2D eigenvalue weighted by Gasteiger charge is -2.31. The van der Waals surface area contributed by atoms with E-state index in [0.717, 1.165) is 4.90 Å². The molecular formula is C22H17BClFN4O2. The fourth-order valence-corrected chi connectivity index (χ4v) is 3.84. The number of nitrogen functional groups attached to an aromatic ring is 1. The van der Waals surface area contributed by atoms with Gasteiger partial charge in [0.1, 0.15) is 11.4 Å². The third kappa shape index (κ3) is 3.58. The minimum Gasteiger partial charge on any atom is -0.398 e. The first kappa shape index (κ1) is 21.0. The Bertz CT molecular complexity index is 1210. The van der Waals surface area contributed by atoms with E-state index in [1.54, 1.807) is 43.6 Å². The van der Waals surface area contributed by atoms with Gasteiger partial charge in [0.2, 0.25) is 0 Å². The maximum absolute atomic E-state index is 15.1. The van der Waals surface area contributed by atoms with Crippen LogP contribution in [0.5, 0.6) is 0 Å². The normalized spacial score (nSPS) is 18.1. The van der Waals surface area contributed by atoms with Crippen LogP contribution >= 0.6 is 11.6 Å². The molecule has 4 rings (SSSR count). The van der Waals surface area contributed by atoms with Crippen LogP contribution in [0.25, 0.3) is 11.1 Å². The number of carbonyl (C=O) groups excluding carboxylic acids is 1. The Balaban J connectivity index is 1.70. The van der Waals surface area contributed by atoms with Crippen molar-refractivity contribution in [2.75, 3.05) is 12.8 Å². The van der Waals surface area contributed by atoms with E-state index < -0.39 is 17.3 Å². The first-order valence-corrected chi connectivity index (χ1v) is 9.70. The number of aliphatic hydroxyl groups is 1. The van der Waals surface area contributed by atoms with Crippen LogP contribution in [-0.2, 0) is 12.2 Å². The van der Waals surface area contributed by atoms with Crippen molar-refractivity contribution in [1.29, 1.82) is 0 Å². The van der Waals surface area contributed by atoms with Gasteiger partial charge in [-0.05, 0) is 47.5 Å². The van der Waals surface area contributed by atoms with E-state index in [2.05, 4.69) is 9.98 Å². The molecule has 3 N–H and O–H groups in total. The number of hydrogen-bond donors (Lipinski definition) is 2. The van der Waals surface area contributed by atoms with Crippen LogP contribution in [0.2, 0.25) is 5.02 Å². The quantitative estimate of drug-likeness (QED) is 0.375. The fourth-order valence-electron chi connectivity index (χ4n) is 3.58. The number of halogens is 2. The number of hydrogen-bond acceptors (Lipinski definition) is 5. The SMILES string of the molecule is [B]C1(O)c2ncccc2C(=O)N1Cc1c(F)cc(-c2ccc(N)c(C=NC)c2)cc1Cl. The molecule has 31 heavy (non-hydrogen) atoms. The van der Waals surface area contributed by atoms with Crippen LogP contribution in [0.15, 0.2) is 53.7 Å². The lowest BCUT2D eigenvalue weighted by atomic mass is 9.87. The molecule has 9 heteroatoms. The highest BCUT2D eigenvalue weighted by molar-refractivity contribution is 6.31. The average molecular weight is 435 g/mol. The molecule has 1 unspecified atom stereocenters. The highest BCUT2D eigenvalue weighted by atomic mass is 35.5. The van der Waals surface area contributed by atoms with Gasteiger partial charge in [0, 0.05) is 41.3 Å². The molecule has 1 amide bonds. The van der Waals surface area contributed by atoms with Gasteiger partial charge in [0.15, 0.2) is 7.85 Å². The summed E-state index contributed by atoms with van der Waals surface area (Å²) >= 11 is 6.38. The summed E-state index contributed by atoms with van der Waals surface area (Å²) < 4.78 is 15.1. The lowest BCUT2D eigenvalue weighted by molar-refractivity contribution is -0.0227. The van der Waals surface area contributed by atoms with Crippen LogP contribution < -0.4 is 5.73 Å². The minimum atomic E-state index is -2.17. The summed E-state index contributed by atoms with van der Waals surface area (Å²) in [6.45, 7) is -0.331. The Morgan fingerprint density at radius 2 is 2.10 bits per heavy atom. The van der Waals surface area contributed by atoms with E-state index in [0.29, 0.717) is 22.4 Å². The molecule has 0 bridgehead atoms. The predicted molar refractivity (Wildman–Crippen MR) is 119 cm³/mol. The van der Waals surface area contributed by atoms with Gasteiger partial charge in [-0.25, -0.2) is 4.39 Å². The zero-order valence-electron chi connectivity index (χ0n) is 16.5. The third-order valence-corrected chi connectivity index (χ3v) is 5.53. The first-order valence-electron chi connectivity index (χ1n) is 9.32. The van der Waals surface area contributed by atoms with Gasteiger partial charge in [-0.15, -0.1) is 0 Å². The molecule has 6 nitrogen and oxygen atoms in total. The Morgan fingerprint density at radius 3 is 2.77 bits per heavy atom. The Hall–Kier alpha value is -3.23. The van der Waals surface area contributed by atoms with Gasteiger partial charge in [-0.1, -0.05) is 17.7 Å². The Labute approximate surface area is 184 Å². The van der Waals surface area contributed by atoms with E-state index in [4.69, 9.17) is 25.2 Å². The molecule has 1 atom stereocenters. The van der Waals surface area contributed by atoms with Crippen molar-refractivity contribution in [3.8, 4) is 11.1 Å². The molecule has 0 saturated carbocycles. The molecule has 2 radical (unpaired) electrons. The average Bonchev–Trinajstić information content (AvgIpc) is 2.92. The summed E-state index contributed by atoms with van der Waals surface area (Å²) in [5.41, 5.74) is 6.42. The third-order valence-electron chi connectivity index (χ3n) is 5.19. The lowest BCUT2D eigenvalue weighted by Crippen LogP contribution is -2.44. The smallest absolute Gasteiger partial charge is 0.258 e. The van der Waals surface area contributed by atoms with Gasteiger partial charge in [-0.3, -0.25) is 14.8 Å². The van der Waals surface area contributed by atoms with E-state index >= 15 is 4.39 Å². The van der Waals surface area contributed by atoms with E-state index in [9.17, 15) is 9.90 Å². The van der Waals surface area contributed by atoms with Crippen molar-refractivity contribution in [1.82, 2.24) is 9.88 Å². The zero-order valence-corrected chi connectivity index (χ0v) is 17.3. The van der Waals surface area contributed by atoms with Crippen molar-refractivity contribution in [2.45, 2.75) is 12.2 Å². The standard InChI is InChI=1S/C22H17BClFN4O2/c1-27-10-14-7-12(4-5-19(14)26)13-8-17(24)16(18(25)9-13)11-29-21(30)15-3-2-6-28-20(15)22(29,23)31/h2-10,31H,11,26H2,1H3. The number of benzene rings is 2. The highest BCUT2D eigenvalue weighted by Crippen LogP contribution is 2.37. The van der Waals surface area contributed by atoms with E-state index in [1.807, 2.05) is 0 Å². The van der Waals surface area contributed by atoms with Gasteiger partial charge in [0.25, 0.3) is 5.91 Å². The van der Waals surface area contributed by atoms with Gasteiger partial charge >= 0.3 is 0 Å². The maximum atomic E-state index is 15.1. The fraction of sp³-hybridized carbons (Fsp3) is 0.136. The zero-order chi connectivity index (χ0) is 22.3. The van der Waals surface area contributed by atoms with Crippen LogP contribution in [-0.4, -0.2) is 42.0 Å². The maximum Gasteiger partial charge on any atom is 0.258 e. The van der Waals surface area contributed by atoms with Crippen molar-refractivity contribution in [3.05, 3.63) is 81.9 Å². The summed E-state index contributed by atoms with van der Waals surface area (Å²) in [7, 11) is 7.59. The summed E-state index contributed by atoms with van der Waals surface area (Å²) in [5.74, 6) is -1.20. The van der Waals surface area contributed by atoms with E-state index in [1.165, 1.54) is 18.3 Å². The Morgan fingerprint density at radius 1 is 1.32 bits per heavy atom. The Kier molecular flexibility index (Phi) is 5.29. The molecule has 1 aliphatic heterocycles. The van der Waals surface area contributed by atoms with Crippen molar-refractivity contribution in [2.24, 2.45) is 4.99 Å². The number of nitrogens with zero attached hydrogens (tertiary/aromatic N) is 3. The summed E-state index contributed by atoms with van der Waals surface area (Å²) in [4.78, 5) is 21.6. The molecule has 2 aromatic carbocycles. The van der Waals surface area contributed by atoms with E-state index in [-0.39, 0.29) is 28.4 Å². The first-order chi connectivity index (χ1) is 14.7. The molecule has 2 heterocycles. The van der Waals surface area contributed by atoms with Gasteiger partial charge in [-0.2, -0.15) is 0 Å². The highest BCUT2D eigenvalue weighted by Gasteiger charge is 2.45. The number of fused-ring (bicyclic) bond motifs is 1. The number of rotatable bonds is 4. The molecule has 0 spiro atoms. The molecule has 154 valence electrons. The molecule has 1 aliphatic rings.